The average molecular weight is 919 g/mol. The Balaban J connectivity index is 4.48. The molecule has 0 fully saturated rings. The molecule has 6 nitrogen and oxygen atoms in total. The van der Waals surface area contributed by atoms with Crippen molar-refractivity contribution in [2.75, 3.05) is 13.2 Å². The summed E-state index contributed by atoms with van der Waals surface area (Å²) in [4.78, 5) is 38.1. The Morgan fingerprint density at radius 3 is 1.03 bits per heavy atom. The number of unbranched alkanes of at least 4 members (excludes halogenated alkanes) is 24. The largest absolute Gasteiger partial charge is 0.462 e. The number of esters is 3. The SMILES string of the molecule is CC/C=C\C/C=C\CCCCCCCCCC(=O)OCC(COC(=O)CCC/C=C\C/C=C\C/C=C\C/C=C\CCCCC)OC(=O)CCCCCCCCC/C=C\CCCCCCCC. The molecule has 1 atom stereocenters. The van der Waals surface area contributed by atoms with Crippen LogP contribution in [-0.2, 0) is 28.6 Å². The van der Waals surface area contributed by atoms with Crippen molar-refractivity contribution in [2.24, 2.45) is 0 Å². The quantitative estimate of drug-likeness (QED) is 0.0262. The monoisotopic (exact) mass is 919 g/mol. The molecule has 0 rings (SSSR count). The smallest absolute Gasteiger partial charge is 0.306 e. The average Bonchev–Trinajstić information content (AvgIpc) is 3.31. The van der Waals surface area contributed by atoms with Crippen LogP contribution < -0.4 is 0 Å². The van der Waals surface area contributed by atoms with Crippen LogP contribution in [0.1, 0.15) is 258 Å². The lowest BCUT2D eigenvalue weighted by Crippen LogP contribution is -2.30. The number of allylic oxidation sites excluding steroid dienone is 14. The molecule has 0 saturated heterocycles. The fraction of sp³-hybridized carbons (Fsp3) is 0.717. The van der Waals surface area contributed by atoms with Crippen LogP contribution >= 0.6 is 0 Å². The van der Waals surface area contributed by atoms with E-state index in [-0.39, 0.29) is 37.5 Å². The molecule has 0 spiro atoms. The standard InChI is InChI=1S/C60H102O6/c1-4-7-10-13-16-19-22-25-28-30-32-35-38-41-44-47-50-53-59(62)65-56-57(55-64-58(61)52-49-46-43-40-37-34-27-24-21-18-15-12-9-6-3)66-60(63)54-51-48-45-42-39-36-33-31-29-26-23-20-17-14-11-8-5-2/h9,12,16,18-19,21,25-26,28-29,32,35,41,44,57H,4-8,10-11,13-15,17,20,22-24,27,30-31,33-34,36-40,42-43,45-56H2,1-3H3/b12-9-,19-16-,21-18-,28-25-,29-26-,35-32-,44-41-. The van der Waals surface area contributed by atoms with E-state index in [9.17, 15) is 14.4 Å². The van der Waals surface area contributed by atoms with Gasteiger partial charge in [-0.25, -0.2) is 0 Å². The molecule has 1 unspecified atom stereocenters. The van der Waals surface area contributed by atoms with Crippen molar-refractivity contribution in [1.29, 1.82) is 0 Å². The third-order valence-electron chi connectivity index (χ3n) is 11.6. The molecule has 0 aromatic heterocycles. The second kappa shape index (κ2) is 54.2. The second-order valence-corrected chi connectivity index (χ2v) is 18.1. The van der Waals surface area contributed by atoms with Gasteiger partial charge in [0.25, 0.3) is 0 Å². The molecule has 66 heavy (non-hydrogen) atoms. The van der Waals surface area contributed by atoms with Gasteiger partial charge in [-0.1, -0.05) is 215 Å². The number of hydrogen-bond acceptors (Lipinski definition) is 6. The maximum Gasteiger partial charge on any atom is 0.306 e. The third kappa shape index (κ3) is 51.6. The van der Waals surface area contributed by atoms with Gasteiger partial charge in [-0.2, -0.15) is 0 Å². The normalized spacial score (nSPS) is 12.7. The molecule has 0 saturated carbocycles. The molecule has 6 heteroatoms. The fourth-order valence-corrected chi connectivity index (χ4v) is 7.47. The topological polar surface area (TPSA) is 78.9 Å². The van der Waals surface area contributed by atoms with Crippen molar-refractivity contribution in [2.45, 2.75) is 264 Å². The Hall–Kier alpha value is -3.41. The van der Waals surface area contributed by atoms with Crippen LogP contribution in [-0.4, -0.2) is 37.2 Å². The van der Waals surface area contributed by atoms with Gasteiger partial charge >= 0.3 is 17.9 Å². The van der Waals surface area contributed by atoms with Gasteiger partial charge in [-0.05, 0) is 109 Å². The van der Waals surface area contributed by atoms with E-state index in [1.807, 2.05) is 0 Å². The lowest BCUT2D eigenvalue weighted by molar-refractivity contribution is -0.167. The summed E-state index contributed by atoms with van der Waals surface area (Å²) in [7, 11) is 0. The summed E-state index contributed by atoms with van der Waals surface area (Å²) in [5, 5.41) is 0. The van der Waals surface area contributed by atoms with Crippen LogP contribution in [0.5, 0.6) is 0 Å². The Labute approximate surface area is 407 Å². The fourth-order valence-electron chi connectivity index (χ4n) is 7.47. The van der Waals surface area contributed by atoms with Crippen LogP contribution in [0.2, 0.25) is 0 Å². The summed E-state index contributed by atoms with van der Waals surface area (Å²) in [5.41, 5.74) is 0. The predicted molar refractivity (Wildman–Crippen MR) is 284 cm³/mol. The Morgan fingerprint density at radius 2 is 0.606 bits per heavy atom. The van der Waals surface area contributed by atoms with Gasteiger partial charge in [0, 0.05) is 19.3 Å². The molecule has 0 amide bonds. The van der Waals surface area contributed by atoms with Crippen molar-refractivity contribution in [3.05, 3.63) is 85.1 Å². The molecule has 0 radical (unpaired) electrons. The second-order valence-electron chi connectivity index (χ2n) is 18.1. The molecule has 378 valence electrons. The molecule has 0 aromatic rings. The van der Waals surface area contributed by atoms with Gasteiger partial charge in [0.2, 0.25) is 0 Å². The summed E-state index contributed by atoms with van der Waals surface area (Å²) in [6.45, 7) is 6.45. The van der Waals surface area contributed by atoms with Crippen LogP contribution in [0.25, 0.3) is 0 Å². The third-order valence-corrected chi connectivity index (χ3v) is 11.6. The first kappa shape index (κ1) is 62.6. The van der Waals surface area contributed by atoms with E-state index in [4.69, 9.17) is 14.2 Å². The molecule has 0 aliphatic carbocycles. The summed E-state index contributed by atoms with van der Waals surface area (Å²) >= 11 is 0. The van der Waals surface area contributed by atoms with E-state index < -0.39 is 6.10 Å². The van der Waals surface area contributed by atoms with E-state index in [1.165, 1.54) is 128 Å². The van der Waals surface area contributed by atoms with E-state index in [2.05, 4.69) is 106 Å². The molecule has 0 aromatic carbocycles. The summed E-state index contributed by atoms with van der Waals surface area (Å²) in [6, 6.07) is 0. The maximum atomic E-state index is 12.8. The zero-order chi connectivity index (χ0) is 47.9. The number of ether oxygens (including phenoxy) is 3. The molecular formula is C60H102O6. The maximum absolute atomic E-state index is 12.8. The number of carbonyl (C=O) groups excluding carboxylic acids is 3. The van der Waals surface area contributed by atoms with Crippen molar-refractivity contribution >= 4 is 17.9 Å². The van der Waals surface area contributed by atoms with Crippen LogP contribution in [0.15, 0.2) is 85.1 Å². The zero-order valence-corrected chi connectivity index (χ0v) is 43.2. The first-order valence-electron chi connectivity index (χ1n) is 27.6. The Morgan fingerprint density at radius 1 is 0.318 bits per heavy atom. The minimum Gasteiger partial charge on any atom is -0.462 e. The summed E-state index contributed by atoms with van der Waals surface area (Å²) in [6.07, 6.45) is 70.0. The molecular weight excluding hydrogens is 817 g/mol. The van der Waals surface area contributed by atoms with E-state index in [0.717, 1.165) is 83.5 Å². The number of hydrogen-bond donors (Lipinski definition) is 0. The highest BCUT2D eigenvalue weighted by Gasteiger charge is 2.19. The van der Waals surface area contributed by atoms with E-state index in [1.54, 1.807) is 0 Å². The summed E-state index contributed by atoms with van der Waals surface area (Å²) < 4.78 is 16.8. The highest BCUT2D eigenvalue weighted by molar-refractivity contribution is 5.71. The molecule has 0 aliphatic heterocycles. The minimum absolute atomic E-state index is 0.0996. The van der Waals surface area contributed by atoms with Gasteiger partial charge in [-0.15, -0.1) is 0 Å². The minimum atomic E-state index is -0.804. The molecule has 0 aliphatic rings. The predicted octanol–water partition coefficient (Wildman–Crippen LogP) is 18.4. The van der Waals surface area contributed by atoms with Gasteiger partial charge in [0.05, 0.1) is 0 Å². The number of carbonyl (C=O) groups is 3. The first-order valence-corrected chi connectivity index (χ1v) is 27.6. The van der Waals surface area contributed by atoms with Crippen molar-refractivity contribution in [3.8, 4) is 0 Å². The van der Waals surface area contributed by atoms with Crippen molar-refractivity contribution in [3.63, 3.8) is 0 Å². The van der Waals surface area contributed by atoms with Gasteiger partial charge < -0.3 is 14.2 Å². The van der Waals surface area contributed by atoms with Crippen LogP contribution in [0, 0.1) is 0 Å². The lowest BCUT2D eigenvalue weighted by Gasteiger charge is -2.18. The first-order chi connectivity index (χ1) is 32.5. The Kier molecular flexibility index (Phi) is 51.4. The van der Waals surface area contributed by atoms with E-state index in [0.29, 0.717) is 19.3 Å². The Bertz CT molecular complexity index is 1290. The summed E-state index contributed by atoms with van der Waals surface area (Å²) in [5.74, 6) is -0.967. The lowest BCUT2D eigenvalue weighted by atomic mass is 10.1. The molecule has 0 bridgehead atoms. The highest BCUT2D eigenvalue weighted by atomic mass is 16.6. The number of rotatable bonds is 49. The van der Waals surface area contributed by atoms with Crippen LogP contribution in [0.3, 0.4) is 0 Å². The van der Waals surface area contributed by atoms with Gasteiger partial charge in [0.15, 0.2) is 6.10 Å². The van der Waals surface area contributed by atoms with E-state index >= 15 is 0 Å². The van der Waals surface area contributed by atoms with Crippen molar-refractivity contribution in [1.82, 2.24) is 0 Å². The highest BCUT2D eigenvalue weighted by Crippen LogP contribution is 2.14. The van der Waals surface area contributed by atoms with Crippen molar-refractivity contribution < 1.29 is 28.6 Å². The van der Waals surface area contributed by atoms with Gasteiger partial charge in [0.1, 0.15) is 13.2 Å². The molecule has 0 N–H and O–H groups in total. The molecule has 0 heterocycles. The van der Waals surface area contributed by atoms with Crippen LogP contribution in [0.4, 0.5) is 0 Å². The zero-order valence-electron chi connectivity index (χ0n) is 43.2. The van der Waals surface area contributed by atoms with Gasteiger partial charge in [-0.3, -0.25) is 14.4 Å².